The summed E-state index contributed by atoms with van der Waals surface area (Å²) in [5.74, 6) is 6.22. The molecule has 3 aliphatic heterocycles. The fraction of sp³-hybridized carbons (Fsp3) is 0.593. The molecule has 0 aromatic heterocycles. The summed E-state index contributed by atoms with van der Waals surface area (Å²) in [5.41, 5.74) is 20.9. The molecule has 2 aromatic rings. The second-order valence-electron chi connectivity index (χ2n) is 19.7. The highest BCUT2D eigenvalue weighted by Gasteiger charge is 2.40. The van der Waals surface area contributed by atoms with E-state index in [9.17, 15) is 28.8 Å². The monoisotopic (exact) mass is 984 g/mol. The highest BCUT2D eigenvalue weighted by atomic mass is 16.2. The molecule has 2 aromatic carbocycles. The topological polar surface area (TPSA) is 264 Å². The highest BCUT2D eigenvalue weighted by molar-refractivity contribution is 5.92. The van der Waals surface area contributed by atoms with Gasteiger partial charge in [0.15, 0.2) is 0 Å². The maximum absolute atomic E-state index is 13.0. The molecule has 6 aliphatic rings. The predicted molar refractivity (Wildman–Crippen MR) is 279 cm³/mol. The molecule has 3 aliphatic carbocycles. The van der Waals surface area contributed by atoms with Crippen LogP contribution >= 0.6 is 0 Å². The number of nitrogens with one attached hydrogen (secondary N) is 4. The van der Waals surface area contributed by atoms with Crippen molar-refractivity contribution >= 4 is 35.9 Å². The Bertz CT molecular complexity index is 2020. The molecule has 6 atom stereocenters. The van der Waals surface area contributed by atoms with Crippen LogP contribution in [0.1, 0.15) is 133 Å². The van der Waals surface area contributed by atoms with E-state index in [1.807, 2.05) is 42.5 Å². The summed E-state index contributed by atoms with van der Waals surface area (Å²) in [4.78, 5) is 72.6. The molecule has 8 rings (SSSR count). The minimum Gasteiger partial charge on any atom is -0.399 e. The number of amides is 6. The summed E-state index contributed by atoms with van der Waals surface area (Å²) in [6.07, 6.45) is 24.7. The number of carbonyl (C=O) groups is 6. The van der Waals surface area contributed by atoms with E-state index in [0.717, 1.165) is 69.4 Å². The van der Waals surface area contributed by atoms with Crippen molar-refractivity contribution in [3.8, 4) is 0 Å². The van der Waals surface area contributed by atoms with Crippen molar-refractivity contribution in [3.63, 3.8) is 0 Å². The van der Waals surface area contributed by atoms with E-state index in [2.05, 4.69) is 57.4 Å². The van der Waals surface area contributed by atoms with Crippen molar-refractivity contribution in [1.82, 2.24) is 36.1 Å². The number of hydrazine groups is 1. The van der Waals surface area contributed by atoms with E-state index < -0.39 is 18.0 Å². The van der Waals surface area contributed by atoms with Crippen LogP contribution in [0.2, 0.25) is 0 Å². The third-order valence-corrected chi connectivity index (χ3v) is 14.3. The van der Waals surface area contributed by atoms with Gasteiger partial charge in [-0.05, 0) is 120 Å². The van der Waals surface area contributed by atoms with Crippen molar-refractivity contribution in [2.24, 2.45) is 34.9 Å². The Kier molecular flexibility index (Phi) is 25.1. The lowest BCUT2D eigenvalue weighted by molar-refractivity contribution is -0.142. The third-order valence-electron chi connectivity index (χ3n) is 14.3. The van der Waals surface area contributed by atoms with Crippen LogP contribution < -0.4 is 44.3 Å². The molecule has 6 amide bonds. The van der Waals surface area contributed by atoms with Crippen molar-refractivity contribution in [3.05, 3.63) is 95.3 Å². The van der Waals surface area contributed by atoms with Gasteiger partial charge in [0.1, 0.15) is 12.1 Å². The van der Waals surface area contributed by atoms with Crippen molar-refractivity contribution < 1.29 is 28.8 Å². The fourth-order valence-electron chi connectivity index (χ4n) is 10.0. The first kappa shape index (κ1) is 57.8. The van der Waals surface area contributed by atoms with E-state index >= 15 is 0 Å². The molecule has 4 fully saturated rings. The molecular formula is C54H85N11O6. The van der Waals surface area contributed by atoms with Gasteiger partial charge in [0.05, 0.1) is 30.4 Å². The summed E-state index contributed by atoms with van der Waals surface area (Å²) < 4.78 is 0. The number of benzene rings is 2. The number of primary amides is 2. The van der Waals surface area contributed by atoms with Crippen LogP contribution in [-0.4, -0.2) is 115 Å². The molecular weight excluding hydrogens is 899 g/mol. The number of carbonyl (C=O) groups excluding carboxylic acids is 6. The Morgan fingerprint density at radius 3 is 1.99 bits per heavy atom. The molecule has 17 nitrogen and oxygen atoms in total. The van der Waals surface area contributed by atoms with Gasteiger partial charge < -0.3 is 53.3 Å². The van der Waals surface area contributed by atoms with Crippen LogP contribution in [0, 0.1) is 11.8 Å². The maximum atomic E-state index is 13.0. The Morgan fingerprint density at radius 1 is 0.817 bits per heavy atom. The summed E-state index contributed by atoms with van der Waals surface area (Å²) in [6, 6.07) is 17.4. The van der Waals surface area contributed by atoms with Gasteiger partial charge in [-0.15, -0.1) is 0 Å². The number of fused-ring (bicyclic) bond motifs is 2. The maximum Gasteiger partial charge on any atom is 0.246 e. The van der Waals surface area contributed by atoms with Gasteiger partial charge in [0, 0.05) is 31.8 Å². The van der Waals surface area contributed by atoms with E-state index in [4.69, 9.17) is 23.0 Å². The predicted octanol–water partition coefficient (Wildman–Crippen LogP) is 3.97. The normalized spacial score (nSPS) is 21.8. The van der Waals surface area contributed by atoms with Crippen LogP contribution in [0.5, 0.6) is 0 Å². The second-order valence-corrected chi connectivity index (χ2v) is 19.7. The number of nitrogens with two attached hydrogens (primary N) is 4. The Morgan fingerprint density at radius 2 is 1.42 bits per heavy atom. The van der Waals surface area contributed by atoms with Gasteiger partial charge in [-0.2, -0.15) is 0 Å². The number of hydrogen-bond acceptors (Lipinski definition) is 11. The van der Waals surface area contributed by atoms with E-state index in [0.29, 0.717) is 37.0 Å². The second kappa shape index (κ2) is 30.8. The quantitative estimate of drug-likeness (QED) is 0.0581. The minimum atomic E-state index is -0.545. The molecule has 12 N–H and O–H groups in total. The summed E-state index contributed by atoms with van der Waals surface area (Å²) in [7, 11) is 3.38. The molecule has 17 heteroatoms. The van der Waals surface area contributed by atoms with Crippen LogP contribution in [0.25, 0.3) is 0 Å². The SMILES string of the molecule is CC1Cc2ccccc2C1.CNC(C)C(N)=O.CNCC(=O)NC(C(=O)N1CCCC1C(N)=O)C1CCCCC1.N/C(=C\N(N)C1C=CC1)C(NC=O)c1ccccc1.O=C1CCCCCC2CCCN12. The summed E-state index contributed by atoms with van der Waals surface area (Å²) >= 11 is 0. The van der Waals surface area contributed by atoms with Crippen molar-refractivity contribution in [2.45, 2.75) is 159 Å². The molecule has 3 heterocycles. The van der Waals surface area contributed by atoms with Gasteiger partial charge in [-0.3, -0.25) is 28.8 Å². The van der Waals surface area contributed by atoms with Crippen LogP contribution in [0.4, 0.5) is 0 Å². The number of nitrogens with zero attached hydrogens (tertiary/aromatic N) is 3. The van der Waals surface area contributed by atoms with Gasteiger partial charge in [0.2, 0.25) is 35.9 Å². The zero-order chi connectivity index (χ0) is 51.7. The largest absolute Gasteiger partial charge is 0.399 e. The molecule has 0 radical (unpaired) electrons. The molecule has 1 saturated carbocycles. The van der Waals surface area contributed by atoms with Gasteiger partial charge in [-0.1, -0.05) is 106 Å². The minimum absolute atomic E-state index is 0.145. The number of likely N-dealkylation sites (N-methyl/N-ethyl adjacent to an activating group) is 2. The molecule has 0 spiro atoms. The number of likely N-dealkylation sites (tertiary alicyclic amines) is 1. The van der Waals surface area contributed by atoms with Gasteiger partial charge in [-0.25, -0.2) is 5.84 Å². The van der Waals surface area contributed by atoms with Crippen LogP contribution in [-0.2, 0) is 41.6 Å². The van der Waals surface area contributed by atoms with Crippen LogP contribution in [0.15, 0.2) is 78.6 Å². The first-order valence-electron chi connectivity index (χ1n) is 26.0. The van der Waals surface area contributed by atoms with Crippen molar-refractivity contribution in [2.75, 3.05) is 33.7 Å². The zero-order valence-electron chi connectivity index (χ0n) is 42.9. The standard InChI is InChI=1S/C16H28N4O3.C14H18N4O.C10H17NO.C10H12.C4H10N2O/c1-18-10-13(21)19-14(11-6-3-2-4-7-11)16(23)20-9-5-8-12(20)15(17)22;15-13(9-18(16)12-7-4-8-12)14(17-10-19)11-5-2-1-3-6-11;12-10-7-3-1-2-5-9-6-4-8-11(9)10;1-8-6-9-4-2-3-5-10(9)7-8;1-3(6-2)4(5)7/h11-12,14,18H,2-10H2,1H3,(H2,17,22)(H,19,21);1-7,9-10,12,14H,8,15-16H2,(H,17,19);9H,1-8H2;2-5,8H,6-7H2,1H3;3,6H,1-2H3,(H2,5,7)/b;13-9-;;;. The average molecular weight is 984 g/mol. The Labute approximate surface area is 422 Å². The Balaban J connectivity index is 0.000000204. The van der Waals surface area contributed by atoms with E-state index in [1.165, 1.54) is 51.4 Å². The number of hydrogen-bond donors (Lipinski definition) is 8. The molecule has 6 unspecified atom stereocenters. The molecule has 71 heavy (non-hydrogen) atoms. The fourth-order valence-corrected chi connectivity index (χ4v) is 10.0. The average Bonchev–Trinajstić information content (AvgIpc) is 4.12. The lowest BCUT2D eigenvalue weighted by atomic mass is 9.83. The van der Waals surface area contributed by atoms with Crippen molar-refractivity contribution in [1.29, 1.82) is 0 Å². The van der Waals surface area contributed by atoms with E-state index in [1.54, 1.807) is 48.3 Å². The lowest BCUT2D eigenvalue weighted by Crippen LogP contribution is -2.56. The summed E-state index contributed by atoms with van der Waals surface area (Å²) in [6.45, 7) is 5.78. The van der Waals surface area contributed by atoms with Gasteiger partial charge in [0.25, 0.3) is 0 Å². The lowest BCUT2D eigenvalue weighted by Gasteiger charge is -2.34. The zero-order valence-corrected chi connectivity index (χ0v) is 42.9. The third kappa shape index (κ3) is 18.7. The first-order valence-corrected chi connectivity index (χ1v) is 26.0. The van der Waals surface area contributed by atoms with E-state index in [-0.39, 0.29) is 48.3 Å². The van der Waals surface area contributed by atoms with Gasteiger partial charge >= 0.3 is 0 Å². The summed E-state index contributed by atoms with van der Waals surface area (Å²) in [5, 5.41) is 12.6. The van der Waals surface area contributed by atoms with Crippen LogP contribution in [0.3, 0.4) is 0 Å². The number of rotatable bonds is 14. The first-order chi connectivity index (χ1) is 34.2. The molecule has 3 saturated heterocycles. The highest BCUT2D eigenvalue weighted by Crippen LogP contribution is 2.30. The molecule has 392 valence electrons. The molecule has 0 bridgehead atoms. The Hall–Kier alpha value is -5.78. The smallest absolute Gasteiger partial charge is 0.246 e.